The van der Waals surface area contributed by atoms with Crippen LogP contribution in [-0.2, 0) is 9.47 Å². The van der Waals surface area contributed by atoms with Gasteiger partial charge in [0.15, 0.2) is 0 Å². The molecule has 1 aromatic heterocycles. The van der Waals surface area contributed by atoms with Crippen molar-refractivity contribution in [3.63, 3.8) is 0 Å². The first-order valence-electron chi connectivity index (χ1n) is 15.1. The molecule has 4 rings (SSSR count). The molecule has 3 aliphatic rings. The van der Waals surface area contributed by atoms with Gasteiger partial charge in [-0.05, 0) is 39.3 Å². The predicted molar refractivity (Wildman–Crippen MR) is 154 cm³/mol. The fourth-order valence-electron chi connectivity index (χ4n) is 5.53. The molecular weight excluding hydrogens is 480 g/mol. The SMILES string of the molecule is Cc1cc(N2CCN(CCN3CCOCC3)CC2)nc(NCCOCCNCCCNC2CCCCC2)n1. The highest BCUT2D eigenvalue weighted by Crippen LogP contribution is 2.18. The van der Waals surface area contributed by atoms with Crippen molar-refractivity contribution >= 4 is 11.8 Å². The summed E-state index contributed by atoms with van der Waals surface area (Å²) in [4.78, 5) is 16.9. The number of aryl methyl sites for hydroxylation is 1. The minimum Gasteiger partial charge on any atom is -0.379 e. The predicted octanol–water partition coefficient (Wildman–Crippen LogP) is 1.57. The summed E-state index contributed by atoms with van der Waals surface area (Å²) >= 11 is 0. The second kappa shape index (κ2) is 17.2. The number of ether oxygens (including phenoxy) is 2. The zero-order valence-electron chi connectivity index (χ0n) is 23.8. The third kappa shape index (κ3) is 10.9. The summed E-state index contributed by atoms with van der Waals surface area (Å²) in [5.41, 5.74) is 0.996. The Hall–Kier alpha value is -1.56. The zero-order valence-corrected chi connectivity index (χ0v) is 23.8. The fraction of sp³-hybridized carbons (Fsp3) is 0.857. The minimum absolute atomic E-state index is 0.652. The Labute approximate surface area is 230 Å². The Balaban J connectivity index is 1.02. The van der Waals surface area contributed by atoms with E-state index in [4.69, 9.17) is 14.5 Å². The first-order valence-corrected chi connectivity index (χ1v) is 15.1. The van der Waals surface area contributed by atoms with Gasteiger partial charge in [0.1, 0.15) is 5.82 Å². The van der Waals surface area contributed by atoms with E-state index in [1.165, 1.54) is 38.5 Å². The Bertz CT molecular complexity index is 765. The van der Waals surface area contributed by atoms with Crippen LogP contribution in [-0.4, -0.2) is 131 Å². The van der Waals surface area contributed by atoms with Crippen molar-refractivity contribution < 1.29 is 9.47 Å². The van der Waals surface area contributed by atoms with Crippen LogP contribution in [0.15, 0.2) is 6.07 Å². The van der Waals surface area contributed by atoms with Gasteiger partial charge >= 0.3 is 0 Å². The van der Waals surface area contributed by atoms with Gasteiger partial charge in [0.2, 0.25) is 5.95 Å². The number of nitrogens with one attached hydrogen (secondary N) is 3. The van der Waals surface area contributed by atoms with E-state index in [-0.39, 0.29) is 0 Å². The average Bonchev–Trinajstić information content (AvgIpc) is 2.96. The summed E-state index contributed by atoms with van der Waals surface area (Å²) in [7, 11) is 0. The van der Waals surface area contributed by atoms with Crippen LogP contribution in [0.3, 0.4) is 0 Å². The van der Waals surface area contributed by atoms with Crippen molar-refractivity contribution in [3.8, 4) is 0 Å². The second-order valence-electron chi connectivity index (χ2n) is 10.9. The molecule has 1 aromatic rings. The van der Waals surface area contributed by atoms with E-state index in [2.05, 4.69) is 41.7 Å². The lowest BCUT2D eigenvalue weighted by Gasteiger charge is -2.37. The van der Waals surface area contributed by atoms with Gasteiger partial charge in [-0.15, -0.1) is 0 Å². The zero-order chi connectivity index (χ0) is 26.3. The van der Waals surface area contributed by atoms with Crippen molar-refractivity contribution in [1.82, 2.24) is 30.4 Å². The van der Waals surface area contributed by atoms with Crippen LogP contribution < -0.4 is 20.9 Å². The van der Waals surface area contributed by atoms with E-state index < -0.39 is 0 Å². The normalized spacial score (nSPS) is 20.2. The highest BCUT2D eigenvalue weighted by atomic mass is 16.5. The van der Waals surface area contributed by atoms with Crippen molar-refractivity contribution in [2.75, 3.05) is 115 Å². The highest BCUT2D eigenvalue weighted by Gasteiger charge is 2.20. The van der Waals surface area contributed by atoms with E-state index in [1.807, 2.05) is 6.92 Å². The molecule has 0 radical (unpaired) electrons. The number of nitrogens with zero attached hydrogens (tertiary/aromatic N) is 5. The summed E-state index contributed by atoms with van der Waals surface area (Å²) in [6, 6.07) is 2.86. The van der Waals surface area contributed by atoms with Gasteiger partial charge in [-0.25, -0.2) is 4.98 Å². The van der Waals surface area contributed by atoms with Gasteiger partial charge in [-0.2, -0.15) is 4.98 Å². The molecule has 0 atom stereocenters. The van der Waals surface area contributed by atoms with Crippen molar-refractivity contribution in [1.29, 1.82) is 0 Å². The lowest BCUT2D eigenvalue weighted by molar-refractivity contribution is 0.0331. The van der Waals surface area contributed by atoms with Gasteiger partial charge < -0.3 is 30.3 Å². The molecule has 10 nitrogen and oxygen atoms in total. The maximum atomic E-state index is 5.79. The largest absolute Gasteiger partial charge is 0.379 e. The van der Waals surface area contributed by atoms with Crippen LogP contribution in [0.5, 0.6) is 0 Å². The average molecular weight is 533 g/mol. The van der Waals surface area contributed by atoms with E-state index in [0.29, 0.717) is 19.1 Å². The summed E-state index contributed by atoms with van der Waals surface area (Å²) in [5, 5.41) is 10.5. The Morgan fingerprint density at radius 2 is 1.61 bits per heavy atom. The quantitative estimate of drug-likeness (QED) is 0.273. The topological polar surface area (TPSA) is 90.1 Å². The molecule has 0 spiro atoms. The van der Waals surface area contributed by atoms with Crippen LogP contribution in [0.4, 0.5) is 11.8 Å². The van der Waals surface area contributed by atoms with Gasteiger partial charge in [0.25, 0.3) is 0 Å². The number of piperazine rings is 1. The van der Waals surface area contributed by atoms with Gasteiger partial charge in [0.05, 0.1) is 26.4 Å². The molecule has 0 unspecified atom stereocenters. The molecule has 0 amide bonds. The van der Waals surface area contributed by atoms with E-state index in [0.717, 1.165) is 109 Å². The van der Waals surface area contributed by atoms with E-state index >= 15 is 0 Å². The fourth-order valence-corrected chi connectivity index (χ4v) is 5.53. The smallest absolute Gasteiger partial charge is 0.224 e. The third-order valence-corrected chi connectivity index (χ3v) is 7.89. The minimum atomic E-state index is 0.652. The number of hydrogen-bond acceptors (Lipinski definition) is 10. The first kappa shape index (κ1) is 29.4. The van der Waals surface area contributed by atoms with Crippen LogP contribution in [0.1, 0.15) is 44.2 Å². The monoisotopic (exact) mass is 532 g/mol. The van der Waals surface area contributed by atoms with E-state index in [9.17, 15) is 0 Å². The van der Waals surface area contributed by atoms with Gasteiger partial charge in [0, 0.05) is 83.2 Å². The van der Waals surface area contributed by atoms with Gasteiger partial charge in [-0.3, -0.25) is 9.80 Å². The number of rotatable bonds is 16. The van der Waals surface area contributed by atoms with Crippen molar-refractivity contribution in [3.05, 3.63) is 11.8 Å². The summed E-state index contributed by atoms with van der Waals surface area (Å²) in [5.74, 6) is 1.72. The Morgan fingerprint density at radius 1 is 0.868 bits per heavy atom. The van der Waals surface area contributed by atoms with Crippen molar-refractivity contribution in [2.24, 2.45) is 0 Å². The van der Waals surface area contributed by atoms with Crippen LogP contribution in [0.25, 0.3) is 0 Å². The van der Waals surface area contributed by atoms with Crippen LogP contribution in [0, 0.1) is 6.92 Å². The molecule has 2 aliphatic heterocycles. The molecule has 3 N–H and O–H groups in total. The molecule has 2 saturated heterocycles. The second-order valence-corrected chi connectivity index (χ2v) is 10.9. The molecule has 0 bridgehead atoms. The number of aromatic nitrogens is 2. The summed E-state index contributed by atoms with van der Waals surface area (Å²) in [6.45, 7) is 17.5. The van der Waals surface area contributed by atoms with Gasteiger partial charge in [-0.1, -0.05) is 19.3 Å². The molecule has 3 heterocycles. The third-order valence-electron chi connectivity index (χ3n) is 7.89. The standard InChI is InChI=1S/C28H52N8O2/c1-25-24-27(36-16-14-34(15-17-36)12-13-35-18-22-38-23-19-35)33-28(32-25)31-11-21-37-20-10-29-8-5-9-30-26-6-3-2-4-7-26/h24,26,29-30H,2-23H2,1H3,(H,31,32,33). The van der Waals surface area contributed by atoms with Crippen LogP contribution >= 0.6 is 0 Å². The van der Waals surface area contributed by atoms with Crippen molar-refractivity contribution in [2.45, 2.75) is 51.5 Å². The highest BCUT2D eigenvalue weighted by molar-refractivity contribution is 5.45. The lowest BCUT2D eigenvalue weighted by Crippen LogP contribution is -2.49. The molecule has 0 aromatic carbocycles. The molecule has 1 saturated carbocycles. The molecule has 1 aliphatic carbocycles. The Kier molecular flexibility index (Phi) is 13.3. The molecule has 38 heavy (non-hydrogen) atoms. The maximum Gasteiger partial charge on any atom is 0.224 e. The molecule has 216 valence electrons. The van der Waals surface area contributed by atoms with Crippen LogP contribution in [0.2, 0.25) is 0 Å². The number of morpholine rings is 1. The Morgan fingerprint density at radius 3 is 2.39 bits per heavy atom. The maximum absolute atomic E-state index is 5.79. The molecule has 10 heteroatoms. The molecule has 3 fully saturated rings. The number of anilines is 2. The van der Waals surface area contributed by atoms with E-state index in [1.54, 1.807) is 0 Å². The first-order chi connectivity index (χ1) is 18.8. The lowest BCUT2D eigenvalue weighted by atomic mass is 9.95. The summed E-state index contributed by atoms with van der Waals surface area (Å²) in [6.07, 6.45) is 8.10. The molecular formula is C28H52N8O2. The number of hydrogen-bond donors (Lipinski definition) is 3. The summed E-state index contributed by atoms with van der Waals surface area (Å²) < 4.78 is 11.2.